The van der Waals surface area contributed by atoms with Crippen LogP contribution in [-0.2, 0) is 0 Å². The van der Waals surface area contributed by atoms with Crippen molar-refractivity contribution >= 4 is 21.8 Å². The minimum atomic E-state index is -0.00873. The van der Waals surface area contributed by atoms with Crippen LogP contribution in [0.3, 0.4) is 0 Å². The topological polar surface area (TPSA) is 41.1 Å². The lowest BCUT2D eigenvalue weighted by atomic mass is 10.1. The van der Waals surface area contributed by atoms with Crippen LogP contribution in [0.15, 0.2) is 22.7 Å². The summed E-state index contributed by atoms with van der Waals surface area (Å²) in [5.74, 6) is -0.00873. The Morgan fingerprint density at radius 3 is 3.06 bits per heavy atom. The highest BCUT2D eigenvalue weighted by molar-refractivity contribution is 9.10. The number of nitrogens with one attached hydrogen (secondary N) is 2. The molecule has 0 saturated carbocycles. The molecule has 0 aromatic heterocycles. The van der Waals surface area contributed by atoms with Crippen molar-refractivity contribution in [1.29, 1.82) is 0 Å². The number of benzene rings is 1. The maximum absolute atomic E-state index is 12.0. The molecule has 4 heteroatoms. The minimum absolute atomic E-state index is 0.00873. The number of amides is 1. The van der Waals surface area contributed by atoms with E-state index in [-0.39, 0.29) is 5.91 Å². The van der Waals surface area contributed by atoms with Gasteiger partial charge in [0.15, 0.2) is 0 Å². The molecule has 1 aliphatic heterocycles. The first kappa shape index (κ1) is 12.6. The standard InChI is InChI=1S/C13H17BrN2O/c1-9-4-5-11(12(14)7-9)13(17)16-8-10-3-2-6-15-10/h4-5,7,10,15H,2-3,6,8H2,1H3,(H,16,17). The highest BCUT2D eigenvalue weighted by Crippen LogP contribution is 2.18. The van der Waals surface area contributed by atoms with Crippen molar-refractivity contribution in [2.45, 2.75) is 25.8 Å². The highest BCUT2D eigenvalue weighted by atomic mass is 79.9. The monoisotopic (exact) mass is 296 g/mol. The van der Waals surface area contributed by atoms with E-state index in [2.05, 4.69) is 26.6 Å². The molecule has 0 spiro atoms. The SMILES string of the molecule is Cc1ccc(C(=O)NCC2CCCN2)c(Br)c1. The normalized spacial score (nSPS) is 19.3. The van der Waals surface area contributed by atoms with Crippen molar-refractivity contribution in [1.82, 2.24) is 10.6 Å². The van der Waals surface area contributed by atoms with Gasteiger partial charge in [0.1, 0.15) is 0 Å². The van der Waals surface area contributed by atoms with Gasteiger partial charge in [-0.3, -0.25) is 4.79 Å². The third kappa shape index (κ3) is 3.30. The Morgan fingerprint density at radius 2 is 2.41 bits per heavy atom. The number of aryl methyl sites for hydroxylation is 1. The van der Waals surface area contributed by atoms with E-state index in [1.54, 1.807) is 0 Å². The summed E-state index contributed by atoms with van der Waals surface area (Å²) in [6, 6.07) is 6.20. The van der Waals surface area contributed by atoms with E-state index < -0.39 is 0 Å². The average molecular weight is 297 g/mol. The molecule has 0 bridgehead atoms. The summed E-state index contributed by atoms with van der Waals surface area (Å²) in [6.45, 7) is 3.78. The van der Waals surface area contributed by atoms with Crippen LogP contribution in [-0.4, -0.2) is 25.0 Å². The molecular weight excluding hydrogens is 280 g/mol. The summed E-state index contributed by atoms with van der Waals surface area (Å²) in [7, 11) is 0. The molecule has 1 aromatic carbocycles. The van der Waals surface area contributed by atoms with Gasteiger partial charge in [0.25, 0.3) is 5.91 Å². The zero-order valence-electron chi connectivity index (χ0n) is 9.92. The maximum atomic E-state index is 12.0. The predicted molar refractivity (Wildman–Crippen MR) is 72.2 cm³/mol. The van der Waals surface area contributed by atoms with Gasteiger partial charge in [-0.25, -0.2) is 0 Å². The van der Waals surface area contributed by atoms with E-state index in [9.17, 15) is 4.79 Å². The number of hydrogen-bond donors (Lipinski definition) is 2. The van der Waals surface area contributed by atoms with Crippen LogP contribution in [0.1, 0.15) is 28.8 Å². The molecule has 0 aliphatic carbocycles. The second kappa shape index (κ2) is 5.65. The smallest absolute Gasteiger partial charge is 0.252 e. The van der Waals surface area contributed by atoms with E-state index in [0.29, 0.717) is 18.2 Å². The van der Waals surface area contributed by atoms with E-state index in [4.69, 9.17) is 0 Å². The van der Waals surface area contributed by atoms with Crippen molar-refractivity contribution in [2.75, 3.05) is 13.1 Å². The maximum Gasteiger partial charge on any atom is 0.252 e. The first-order valence-electron chi connectivity index (χ1n) is 5.94. The Kier molecular flexibility index (Phi) is 4.18. The molecule has 2 N–H and O–H groups in total. The molecule has 3 nitrogen and oxygen atoms in total. The van der Waals surface area contributed by atoms with Crippen LogP contribution in [0, 0.1) is 6.92 Å². The first-order valence-corrected chi connectivity index (χ1v) is 6.74. The molecule has 92 valence electrons. The fourth-order valence-electron chi connectivity index (χ4n) is 2.05. The third-order valence-electron chi connectivity index (χ3n) is 3.04. The molecule has 1 aromatic rings. The van der Waals surface area contributed by atoms with Crippen molar-refractivity contribution in [3.05, 3.63) is 33.8 Å². The van der Waals surface area contributed by atoms with Crippen LogP contribution in [0.25, 0.3) is 0 Å². The molecule has 1 aliphatic rings. The summed E-state index contributed by atoms with van der Waals surface area (Å²) in [4.78, 5) is 12.0. The predicted octanol–water partition coefficient (Wildman–Crippen LogP) is 2.24. The Bertz CT molecular complexity index is 414. The highest BCUT2D eigenvalue weighted by Gasteiger charge is 2.16. The average Bonchev–Trinajstić information content (AvgIpc) is 2.78. The molecule has 1 unspecified atom stereocenters. The van der Waals surface area contributed by atoms with E-state index >= 15 is 0 Å². The first-order chi connectivity index (χ1) is 8.16. The Hall–Kier alpha value is -0.870. The van der Waals surface area contributed by atoms with Gasteiger partial charge in [-0.2, -0.15) is 0 Å². The fourth-order valence-corrected chi connectivity index (χ4v) is 2.72. The summed E-state index contributed by atoms with van der Waals surface area (Å²) in [5, 5.41) is 6.33. The second-order valence-electron chi connectivity index (χ2n) is 4.49. The number of halogens is 1. The van der Waals surface area contributed by atoms with Crippen molar-refractivity contribution < 1.29 is 4.79 Å². The quantitative estimate of drug-likeness (QED) is 0.898. The number of hydrogen-bond acceptors (Lipinski definition) is 2. The van der Waals surface area contributed by atoms with Crippen LogP contribution in [0.4, 0.5) is 0 Å². The third-order valence-corrected chi connectivity index (χ3v) is 3.70. The lowest BCUT2D eigenvalue weighted by Crippen LogP contribution is -2.37. The van der Waals surface area contributed by atoms with Crippen molar-refractivity contribution in [3.8, 4) is 0 Å². The van der Waals surface area contributed by atoms with E-state index in [1.807, 2.05) is 25.1 Å². The van der Waals surface area contributed by atoms with Gasteiger partial charge in [-0.15, -0.1) is 0 Å². The molecule has 1 heterocycles. The van der Waals surface area contributed by atoms with E-state index in [0.717, 1.165) is 23.0 Å². The van der Waals surface area contributed by atoms with Gasteiger partial charge >= 0.3 is 0 Å². The zero-order valence-corrected chi connectivity index (χ0v) is 11.5. The molecule has 0 radical (unpaired) electrons. The van der Waals surface area contributed by atoms with Crippen molar-refractivity contribution in [2.24, 2.45) is 0 Å². The van der Waals surface area contributed by atoms with Gasteiger partial charge in [0.2, 0.25) is 0 Å². The number of rotatable bonds is 3. The molecule has 1 atom stereocenters. The molecule has 1 saturated heterocycles. The fraction of sp³-hybridized carbons (Fsp3) is 0.462. The van der Waals surface area contributed by atoms with Crippen LogP contribution >= 0.6 is 15.9 Å². The minimum Gasteiger partial charge on any atom is -0.350 e. The Balaban J connectivity index is 1.94. The summed E-state index contributed by atoms with van der Waals surface area (Å²) in [5.41, 5.74) is 1.85. The van der Waals surface area contributed by atoms with Gasteiger partial charge in [-0.1, -0.05) is 6.07 Å². The molecule has 2 rings (SSSR count). The summed E-state index contributed by atoms with van der Waals surface area (Å²) >= 11 is 3.42. The van der Waals surface area contributed by atoms with Gasteiger partial charge in [0, 0.05) is 17.1 Å². The number of carbonyl (C=O) groups excluding carboxylic acids is 1. The van der Waals surface area contributed by atoms with Gasteiger partial charge < -0.3 is 10.6 Å². The largest absolute Gasteiger partial charge is 0.350 e. The van der Waals surface area contributed by atoms with Gasteiger partial charge in [-0.05, 0) is 59.9 Å². The Morgan fingerprint density at radius 1 is 1.59 bits per heavy atom. The molecule has 1 fully saturated rings. The number of carbonyl (C=O) groups is 1. The lowest BCUT2D eigenvalue weighted by molar-refractivity contribution is 0.0949. The second-order valence-corrected chi connectivity index (χ2v) is 5.34. The van der Waals surface area contributed by atoms with Crippen molar-refractivity contribution in [3.63, 3.8) is 0 Å². The van der Waals surface area contributed by atoms with Crippen LogP contribution in [0.5, 0.6) is 0 Å². The molecule has 1 amide bonds. The van der Waals surface area contributed by atoms with Gasteiger partial charge in [0.05, 0.1) is 5.56 Å². The summed E-state index contributed by atoms with van der Waals surface area (Å²) < 4.78 is 0.856. The molecule has 17 heavy (non-hydrogen) atoms. The lowest BCUT2D eigenvalue weighted by Gasteiger charge is -2.12. The van der Waals surface area contributed by atoms with E-state index in [1.165, 1.54) is 6.42 Å². The summed E-state index contributed by atoms with van der Waals surface area (Å²) in [6.07, 6.45) is 2.35. The zero-order chi connectivity index (χ0) is 12.3. The van der Waals surface area contributed by atoms with Crippen LogP contribution < -0.4 is 10.6 Å². The van der Waals surface area contributed by atoms with Crippen LogP contribution in [0.2, 0.25) is 0 Å². The Labute approximate surface area is 110 Å². The molecular formula is C13H17BrN2O.